The van der Waals surface area contributed by atoms with Crippen LogP contribution in [0.25, 0.3) is 0 Å². The maximum absolute atomic E-state index is 12.5. The SMILES string of the molecule is CC1=C(CCN2CCC(=O)N(Cc3ccncc3)CC2)C(C)(C)CCC1. The van der Waals surface area contributed by atoms with E-state index < -0.39 is 0 Å². The van der Waals surface area contributed by atoms with E-state index in [1.807, 2.05) is 17.0 Å². The summed E-state index contributed by atoms with van der Waals surface area (Å²) in [5.74, 6) is 0.276. The Morgan fingerprint density at radius 2 is 1.88 bits per heavy atom. The maximum atomic E-state index is 12.5. The first-order valence-corrected chi connectivity index (χ1v) is 10.0. The molecule has 1 saturated heterocycles. The van der Waals surface area contributed by atoms with Crippen molar-refractivity contribution >= 4 is 5.91 Å². The zero-order valence-electron chi connectivity index (χ0n) is 16.6. The average molecular weight is 356 g/mol. The van der Waals surface area contributed by atoms with Crippen LogP contribution in [0.15, 0.2) is 35.7 Å². The fraction of sp³-hybridized carbons (Fsp3) is 0.636. The van der Waals surface area contributed by atoms with Gasteiger partial charge in [-0.1, -0.05) is 25.0 Å². The molecule has 1 aromatic heterocycles. The second-order valence-corrected chi connectivity index (χ2v) is 8.51. The van der Waals surface area contributed by atoms with Gasteiger partial charge in [-0.25, -0.2) is 0 Å². The highest BCUT2D eigenvalue weighted by molar-refractivity contribution is 5.76. The molecular formula is C22H33N3O. The number of pyridine rings is 1. The zero-order valence-corrected chi connectivity index (χ0v) is 16.6. The maximum Gasteiger partial charge on any atom is 0.224 e. The Bertz CT molecular complexity index is 651. The van der Waals surface area contributed by atoms with E-state index in [0.717, 1.165) is 38.2 Å². The first-order chi connectivity index (χ1) is 12.5. The molecular weight excluding hydrogens is 322 g/mol. The Morgan fingerprint density at radius 3 is 2.62 bits per heavy atom. The molecule has 0 saturated carbocycles. The summed E-state index contributed by atoms with van der Waals surface area (Å²) in [5, 5.41) is 0. The van der Waals surface area contributed by atoms with Gasteiger partial charge >= 0.3 is 0 Å². The van der Waals surface area contributed by atoms with Crippen LogP contribution in [-0.2, 0) is 11.3 Å². The summed E-state index contributed by atoms with van der Waals surface area (Å²) in [4.78, 5) is 21.0. The standard InChI is InChI=1S/C22H33N3O/c1-18-5-4-10-22(2,3)20(18)8-13-24-14-9-21(26)25(16-15-24)17-19-6-11-23-12-7-19/h6-7,11-12H,4-5,8-10,13-17H2,1-3H3. The van der Waals surface area contributed by atoms with E-state index in [2.05, 4.69) is 30.7 Å². The van der Waals surface area contributed by atoms with Gasteiger partial charge < -0.3 is 9.80 Å². The lowest BCUT2D eigenvalue weighted by molar-refractivity contribution is -0.130. The molecule has 4 nitrogen and oxygen atoms in total. The Kier molecular flexibility index (Phi) is 6.13. The number of carbonyl (C=O) groups is 1. The van der Waals surface area contributed by atoms with Crippen LogP contribution in [0.5, 0.6) is 0 Å². The highest BCUT2D eigenvalue weighted by Crippen LogP contribution is 2.41. The fourth-order valence-corrected chi connectivity index (χ4v) is 4.51. The highest BCUT2D eigenvalue weighted by Gasteiger charge is 2.29. The Hall–Kier alpha value is -1.68. The van der Waals surface area contributed by atoms with E-state index in [-0.39, 0.29) is 5.91 Å². The lowest BCUT2D eigenvalue weighted by Crippen LogP contribution is -2.33. The molecule has 2 aliphatic rings. The molecule has 2 heterocycles. The molecule has 0 radical (unpaired) electrons. The molecule has 4 heteroatoms. The molecule has 3 rings (SSSR count). The van der Waals surface area contributed by atoms with Crippen LogP contribution in [0.1, 0.15) is 58.4 Å². The summed E-state index contributed by atoms with van der Waals surface area (Å²) in [6.07, 6.45) is 9.26. The minimum Gasteiger partial charge on any atom is -0.337 e. The van der Waals surface area contributed by atoms with Crippen LogP contribution in [0.3, 0.4) is 0 Å². The van der Waals surface area contributed by atoms with Gasteiger partial charge in [0.2, 0.25) is 5.91 Å². The number of carbonyl (C=O) groups excluding carboxylic acids is 1. The molecule has 0 N–H and O–H groups in total. The molecule has 26 heavy (non-hydrogen) atoms. The van der Waals surface area contributed by atoms with Gasteiger partial charge in [-0.15, -0.1) is 0 Å². The van der Waals surface area contributed by atoms with E-state index in [0.29, 0.717) is 18.4 Å². The van der Waals surface area contributed by atoms with Crippen molar-refractivity contribution in [2.75, 3.05) is 26.2 Å². The van der Waals surface area contributed by atoms with Crippen molar-refractivity contribution in [2.24, 2.45) is 5.41 Å². The van der Waals surface area contributed by atoms with E-state index in [1.54, 1.807) is 23.5 Å². The summed E-state index contributed by atoms with van der Waals surface area (Å²) in [5.41, 5.74) is 4.77. The van der Waals surface area contributed by atoms with Gasteiger partial charge in [-0.3, -0.25) is 9.78 Å². The van der Waals surface area contributed by atoms with Crippen molar-refractivity contribution in [2.45, 2.75) is 59.4 Å². The third-order valence-electron chi connectivity index (χ3n) is 6.17. The van der Waals surface area contributed by atoms with E-state index in [4.69, 9.17) is 0 Å². The van der Waals surface area contributed by atoms with Crippen molar-refractivity contribution in [1.29, 1.82) is 0 Å². The summed E-state index contributed by atoms with van der Waals surface area (Å²) >= 11 is 0. The summed E-state index contributed by atoms with van der Waals surface area (Å²) in [7, 11) is 0. The lowest BCUT2D eigenvalue weighted by atomic mass is 9.71. The van der Waals surface area contributed by atoms with Crippen molar-refractivity contribution in [3.63, 3.8) is 0 Å². The van der Waals surface area contributed by atoms with E-state index in [1.165, 1.54) is 19.3 Å². The molecule has 0 unspecified atom stereocenters. The molecule has 0 bridgehead atoms. The molecule has 1 amide bonds. The van der Waals surface area contributed by atoms with Gasteiger partial charge in [-0.2, -0.15) is 0 Å². The fourth-order valence-electron chi connectivity index (χ4n) is 4.51. The normalized spacial score (nSPS) is 21.8. The van der Waals surface area contributed by atoms with Gasteiger partial charge in [-0.05, 0) is 55.7 Å². The number of aromatic nitrogens is 1. The summed E-state index contributed by atoms with van der Waals surface area (Å²) in [6.45, 7) is 11.6. The van der Waals surface area contributed by atoms with Crippen LogP contribution in [0, 0.1) is 5.41 Å². The monoisotopic (exact) mass is 355 g/mol. The predicted octanol–water partition coefficient (Wildman–Crippen LogP) is 4.03. The number of amides is 1. The third kappa shape index (κ3) is 4.73. The molecule has 1 aromatic rings. The van der Waals surface area contributed by atoms with Gasteiger partial charge in [0.25, 0.3) is 0 Å². The molecule has 0 atom stereocenters. The second-order valence-electron chi connectivity index (χ2n) is 8.51. The van der Waals surface area contributed by atoms with Gasteiger partial charge in [0.1, 0.15) is 0 Å². The largest absolute Gasteiger partial charge is 0.337 e. The molecule has 0 aromatic carbocycles. The average Bonchev–Trinajstić information content (AvgIpc) is 2.78. The van der Waals surface area contributed by atoms with Crippen LogP contribution in [-0.4, -0.2) is 46.9 Å². The first kappa shape index (κ1) is 19.1. The van der Waals surface area contributed by atoms with Crippen molar-refractivity contribution < 1.29 is 4.79 Å². The first-order valence-electron chi connectivity index (χ1n) is 10.0. The number of hydrogen-bond acceptors (Lipinski definition) is 3. The van der Waals surface area contributed by atoms with Gasteiger partial charge in [0.05, 0.1) is 0 Å². The molecule has 1 fully saturated rings. The lowest BCUT2D eigenvalue weighted by Gasteiger charge is -2.35. The second kappa shape index (κ2) is 8.34. The Balaban J connectivity index is 1.56. The van der Waals surface area contributed by atoms with Crippen LogP contribution in [0.2, 0.25) is 0 Å². The van der Waals surface area contributed by atoms with E-state index >= 15 is 0 Å². The Morgan fingerprint density at radius 1 is 1.12 bits per heavy atom. The molecule has 142 valence electrons. The van der Waals surface area contributed by atoms with Gasteiger partial charge in [0.15, 0.2) is 0 Å². The van der Waals surface area contributed by atoms with E-state index in [9.17, 15) is 4.79 Å². The van der Waals surface area contributed by atoms with Crippen LogP contribution in [0.4, 0.5) is 0 Å². The van der Waals surface area contributed by atoms with Crippen molar-refractivity contribution in [1.82, 2.24) is 14.8 Å². The highest BCUT2D eigenvalue weighted by atomic mass is 16.2. The number of hydrogen-bond donors (Lipinski definition) is 0. The van der Waals surface area contributed by atoms with Crippen LogP contribution < -0.4 is 0 Å². The Labute approximate surface area is 158 Å². The molecule has 0 spiro atoms. The third-order valence-corrected chi connectivity index (χ3v) is 6.17. The van der Waals surface area contributed by atoms with Crippen molar-refractivity contribution in [3.05, 3.63) is 41.2 Å². The quantitative estimate of drug-likeness (QED) is 0.748. The topological polar surface area (TPSA) is 36.4 Å². The predicted molar refractivity (Wildman–Crippen MR) is 106 cm³/mol. The van der Waals surface area contributed by atoms with Gasteiger partial charge in [0, 0.05) is 51.5 Å². The number of allylic oxidation sites excluding steroid dienone is 1. The minimum absolute atomic E-state index is 0.276. The smallest absolute Gasteiger partial charge is 0.224 e. The zero-order chi connectivity index (χ0) is 18.6. The number of rotatable bonds is 5. The van der Waals surface area contributed by atoms with Crippen molar-refractivity contribution in [3.8, 4) is 0 Å². The molecule has 1 aliphatic heterocycles. The minimum atomic E-state index is 0.276. The van der Waals surface area contributed by atoms with Crippen LogP contribution >= 0.6 is 0 Å². The summed E-state index contributed by atoms with van der Waals surface area (Å²) in [6, 6.07) is 3.99. The summed E-state index contributed by atoms with van der Waals surface area (Å²) < 4.78 is 0. The molecule has 1 aliphatic carbocycles. The number of nitrogens with zero attached hydrogens (tertiary/aromatic N) is 3.